The van der Waals surface area contributed by atoms with E-state index in [0.29, 0.717) is 12.3 Å². The highest BCUT2D eigenvalue weighted by molar-refractivity contribution is 6.04. The minimum Gasteiger partial charge on any atom is -0.494 e. The van der Waals surface area contributed by atoms with Gasteiger partial charge in [0.15, 0.2) is 0 Å². The molecular formula is C20H23N5O. The maximum absolute atomic E-state index is 8.04. The van der Waals surface area contributed by atoms with E-state index >= 15 is 0 Å². The van der Waals surface area contributed by atoms with Gasteiger partial charge >= 0.3 is 0 Å². The van der Waals surface area contributed by atoms with Crippen LogP contribution in [0.3, 0.4) is 0 Å². The molecule has 2 aromatic heterocycles. The summed E-state index contributed by atoms with van der Waals surface area (Å²) in [5.41, 5.74) is 1.46. The Morgan fingerprint density at radius 1 is 1.04 bits per heavy atom. The summed E-state index contributed by atoms with van der Waals surface area (Å²) in [6.45, 7) is 1.71. The number of imidazole rings is 1. The molecule has 3 rings (SSSR count). The fourth-order valence-electron chi connectivity index (χ4n) is 2.54. The number of pyridine rings is 1. The summed E-state index contributed by atoms with van der Waals surface area (Å²) in [7, 11) is 0. The van der Waals surface area contributed by atoms with Gasteiger partial charge < -0.3 is 14.6 Å². The summed E-state index contributed by atoms with van der Waals surface area (Å²) in [6.07, 6.45) is 10.6. The van der Waals surface area contributed by atoms with Crippen LogP contribution in [0.15, 0.2) is 67.4 Å². The second kappa shape index (κ2) is 9.36. The van der Waals surface area contributed by atoms with Gasteiger partial charge in [-0.3, -0.25) is 10.4 Å². The smallest absolute Gasteiger partial charge is 0.148 e. The molecule has 0 amide bonds. The van der Waals surface area contributed by atoms with Crippen LogP contribution in [-0.2, 0) is 6.54 Å². The topological polar surface area (TPSA) is 75.8 Å². The molecule has 0 aliphatic heterocycles. The summed E-state index contributed by atoms with van der Waals surface area (Å²) in [4.78, 5) is 8.19. The molecule has 0 atom stereocenters. The Kier molecular flexibility index (Phi) is 6.36. The van der Waals surface area contributed by atoms with Crippen molar-refractivity contribution in [3.63, 3.8) is 0 Å². The standard InChI is InChI=1S/C20H23N5O/c21-20(19-6-2-3-11-23-19)24-17-7-9-18(10-8-17)26-15-5-1-4-13-25-14-12-22-16-25/h2-3,6-12,14,16H,1,4-5,13,15H2,(H2,21,24). The highest BCUT2D eigenvalue weighted by atomic mass is 16.5. The van der Waals surface area contributed by atoms with Crippen molar-refractivity contribution in [2.24, 2.45) is 0 Å². The third-order valence-corrected chi connectivity index (χ3v) is 3.93. The van der Waals surface area contributed by atoms with Gasteiger partial charge in [0.05, 0.1) is 12.9 Å². The number of hydrogen-bond donors (Lipinski definition) is 2. The van der Waals surface area contributed by atoms with E-state index in [9.17, 15) is 0 Å². The lowest BCUT2D eigenvalue weighted by molar-refractivity contribution is 0.304. The number of nitrogens with one attached hydrogen (secondary N) is 2. The fourth-order valence-corrected chi connectivity index (χ4v) is 2.54. The molecule has 0 fully saturated rings. The lowest BCUT2D eigenvalue weighted by Crippen LogP contribution is -2.13. The maximum Gasteiger partial charge on any atom is 0.148 e. The predicted octanol–water partition coefficient (Wildman–Crippen LogP) is 3.96. The van der Waals surface area contributed by atoms with Gasteiger partial charge in [-0.2, -0.15) is 0 Å². The molecule has 0 bridgehead atoms. The molecule has 26 heavy (non-hydrogen) atoms. The summed E-state index contributed by atoms with van der Waals surface area (Å²) in [6, 6.07) is 13.2. The van der Waals surface area contributed by atoms with Crippen molar-refractivity contribution in [1.29, 1.82) is 5.41 Å². The Morgan fingerprint density at radius 3 is 2.65 bits per heavy atom. The second-order valence-corrected chi connectivity index (χ2v) is 5.95. The van der Waals surface area contributed by atoms with Crippen LogP contribution in [0.2, 0.25) is 0 Å². The molecule has 0 saturated carbocycles. The minimum absolute atomic E-state index is 0.275. The average Bonchev–Trinajstić information content (AvgIpc) is 3.20. The average molecular weight is 349 g/mol. The van der Waals surface area contributed by atoms with Gasteiger partial charge in [0.1, 0.15) is 17.3 Å². The van der Waals surface area contributed by atoms with Crippen molar-refractivity contribution in [2.75, 3.05) is 11.9 Å². The highest BCUT2D eigenvalue weighted by Crippen LogP contribution is 2.16. The van der Waals surface area contributed by atoms with Gasteiger partial charge in [-0.05, 0) is 55.7 Å². The molecule has 2 N–H and O–H groups in total. The van der Waals surface area contributed by atoms with Crippen molar-refractivity contribution in [1.82, 2.24) is 14.5 Å². The van der Waals surface area contributed by atoms with Crippen LogP contribution in [0, 0.1) is 5.41 Å². The second-order valence-electron chi connectivity index (χ2n) is 5.95. The molecule has 0 aliphatic carbocycles. The fraction of sp³-hybridized carbons (Fsp3) is 0.250. The third-order valence-electron chi connectivity index (χ3n) is 3.93. The number of unbranched alkanes of at least 4 members (excludes halogenated alkanes) is 2. The number of rotatable bonds is 9. The number of aromatic nitrogens is 3. The quantitative estimate of drug-likeness (QED) is 0.348. The van der Waals surface area contributed by atoms with E-state index in [4.69, 9.17) is 10.1 Å². The monoisotopic (exact) mass is 349 g/mol. The van der Waals surface area contributed by atoms with Gasteiger partial charge in [0.2, 0.25) is 0 Å². The zero-order valence-corrected chi connectivity index (χ0v) is 14.6. The lowest BCUT2D eigenvalue weighted by atomic mass is 10.2. The normalized spacial score (nSPS) is 10.5. The van der Waals surface area contributed by atoms with E-state index in [1.165, 1.54) is 0 Å². The van der Waals surface area contributed by atoms with E-state index in [0.717, 1.165) is 37.2 Å². The minimum atomic E-state index is 0.275. The third kappa shape index (κ3) is 5.44. The van der Waals surface area contributed by atoms with Crippen molar-refractivity contribution < 1.29 is 4.74 Å². The van der Waals surface area contributed by atoms with E-state index in [1.54, 1.807) is 18.5 Å². The summed E-state index contributed by atoms with van der Waals surface area (Å²) in [5, 5.41) is 11.1. The number of anilines is 1. The first-order valence-electron chi connectivity index (χ1n) is 8.77. The Labute approximate surface area is 153 Å². The summed E-state index contributed by atoms with van der Waals surface area (Å²) >= 11 is 0. The SMILES string of the molecule is N=C(Nc1ccc(OCCCCCn2ccnc2)cc1)c1ccccn1. The van der Waals surface area contributed by atoms with Crippen molar-refractivity contribution in [2.45, 2.75) is 25.8 Å². The summed E-state index contributed by atoms with van der Waals surface area (Å²) < 4.78 is 7.87. The molecule has 0 saturated heterocycles. The van der Waals surface area contributed by atoms with Gasteiger partial charge in [0, 0.05) is 30.8 Å². The number of nitrogens with zero attached hydrogens (tertiary/aromatic N) is 3. The molecule has 0 spiro atoms. The van der Waals surface area contributed by atoms with Gasteiger partial charge in [-0.1, -0.05) is 6.07 Å². The Bertz CT molecular complexity index is 785. The number of ether oxygens (including phenoxy) is 1. The van der Waals surface area contributed by atoms with Crippen molar-refractivity contribution in [3.8, 4) is 5.75 Å². The Balaban J connectivity index is 1.35. The zero-order valence-electron chi connectivity index (χ0n) is 14.6. The first kappa shape index (κ1) is 17.7. The van der Waals surface area contributed by atoms with E-state index in [1.807, 2.05) is 48.9 Å². The first-order chi connectivity index (χ1) is 12.8. The van der Waals surface area contributed by atoms with E-state index in [-0.39, 0.29) is 5.84 Å². The highest BCUT2D eigenvalue weighted by Gasteiger charge is 2.03. The maximum atomic E-state index is 8.04. The molecule has 134 valence electrons. The van der Waals surface area contributed by atoms with Gasteiger partial charge in [0.25, 0.3) is 0 Å². The van der Waals surface area contributed by atoms with Gasteiger partial charge in [-0.25, -0.2) is 4.98 Å². The molecule has 0 aliphatic rings. The van der Waals surface area contributed by atoms with Crippen LogP contribution in [0.25, 0.3) is 0 Å². The number of aryl methyl sites for hydroxylation is 1. The Morgan fingerprint density at radius 2 is 1.92 bits per heavy atom. The van der Waals surface area contributed by atoms with Crippen molar-refractivity contribution in [3.05, 3.63) is 73.1 Å². The van der Waals surface area contributed by atoms with Crippen LogP contribution in [0.5, 0.6) is 5.75 Å². The van der Waals surface area contributed by atoms with E-state index in [2.05, 4.69) is 19.9 Å². The zero-order chi connectivity index (χ0) is 18.0. The van der Waals surface area contributed by atoms with Crippen LogP contribution >= 0.6 is 0 Å². The number of amidine groups is 1. The Hall–Kier alpha value is -3.15. The number of hydrogen-bond acceptors (Lipinski definition) is 4. The molecule has 0 radical (unpaired) electrons. The molecule has 1 aromatic carbocycles. The molecule has 6 nitrogen and oxygen atoms in total. The van der Waals surface area contributed by atoms with Crippen LogP contribution in [0.4, 0.5) is 5.69 Å². The van der Waals surface area contributed by atoms with Crippen molar-refractivity contribution >= 4 is 11.5 Å². The van der Waals surface area contributed by atoms with E-state index < -0.39 is 0 Å². The van der Waals surface area contributed by atoms with Crippen LogP contribution in [0.1, 0.15) is 25.0 Å². The number of benzene rings is 1. The van der Waals surface area contributed by atoms with Gasteiger partial charge in [-0.15, -0.1) is 0 Å². The summed E-state index contributed by atoms with van der Waals surface area (Å²) in [5.74, 6) is 1.12. The molecule has 6 heteroatoms. The van der Waals surface area contributed by atoms with Crippen LogP contribution in [-0.4, -0.2) is 27.0 Å². The largest absolute Gasteiger partial charge is 0.494 e. The predicted molar refractivity (Wildman–Crippen MR) is 103 cm³/mol. The lowest BCUT2D eigenvalue weighted by Gasteiger charge is -2.09. The molecule has 0 unspecified atom stereocenters. The molecular weight excluding hydrogens is 326 g/mol. The first-order valence-corrected chi connectivity index (χ1v) is 8.77. The molecule has 2 heterocycles. The molecule has 3 aromatic rings. The van der Waals surface area contributed by atoms with Crippen LogP contribution < -0.4 is 10.1 Å².